The van der Waals surface area contributed by atoms with Gasteiger partial charge in [-0.1, -0.05) is 19.1 Å². The van der Waals surface area contributed by atoms with E-state index in [0.29, 0.717) is 12.6 Å². The van der Waals surface area contributed by atoms with Crippen molar-refractivity contribution < 1.29 is 4.79 Å². The molecule has 1 amide bonds. The molecule has 1 aromatic carbocycles. The third kappa shape index (κ3) is 6.00. The lowest BCUT2D eigenvalue weighted by molar-refractivity contribution is -0.117. The van der Waals surface area contributed by atoms with Crippen molar-refractivity contribution in [3.05, 3.63) is 29.8 Å². The highest BCUT2D eigenvalue weighted by molar-refractivity contribution is 7.99. The molecule has 144 valence electrons. The number of benzene rings is 1. The lowest BCUT2D eigenvalue weighted by Crippen LogP contribution is -2.39. The summed E-state index contributed by atoms with van der Waals surface area (Å²) in [6.07, 6.45) is 5.00. The first-order valence-corrected chi connectivity index (χ1v) is 11.1. The van der Waals surface area contributed by atoms with E-state index in [1.807, 2.05) is 17.8 Å². The van der Waals surface area contributed by atoms with Crippen molar-refractivity contribution in [1.82, 2.24) is 9.80 Å². The Morgan fingerprint density at radius 3 is 2.69 bits per heavy atom. The Hall–Kier alpha value is -1.04. The lowest BCUT2D eigenvalue weighted by Gasteiger charge is -2.33. The predicted octanol–water partition coefficient (Wildman–Crippen LogP) is 3.68. The summed E-state index contributed by atoms with van der Waals surface area (Å²) in [6.45, 7) is 6.10. The molecule has 1 heterocycles. The normalized spacial score (nSPS) is 24.6. The van der Waals surface area contributed by atoms with Gasteiger partial charge in [0.05, 0.1) is 6.54 Å². The van der Waals surface area contributed by atoms with Gasteiger partial charge < -0.3 is 5.32 Å². The van der Waals surface area contributed by atoms with Crippen LogP contribution in [0.4, 0.5) is 5.69 Å². The Morgan fingerprint density at radius 1 is 1.23 bits per heavy atom. The van der Waals surface area contributed by atoms with Crippen LogP contribution in [0.3, 0.4) is 0 Å². The quantitative estimate of drug-likeness (QED) is 0.823. The second-order valence-electron chi connectivity index (χ2n) is 7.97. The summed E-state index contributed by atoms with van der Waals surface area (Å²) in [5.74, 6) is 3.39. The van der Waals surface area contributed by atoms with Crippen LogP contribution in [0.1, 0.15) is 38.2 Å². The van der Waals surface area contributed by atoms with E-state index < -0.39 is 0 Å². The molecule has 0 aromatic heterocycles. The van der Waals surface area contributed by atoms with E-state index in [9.17, 15) is 4.79 Å². The number of nitrogens with one attached hydrogen (secondary N) is 1. The van der Waals surface area contributed by atoms with Gasteiger partial charge in [-0.05, 0) is 56.3 Å². The number of thioether (sulfide) groups is 1. The molecule has 3 rings (SSSR count). The summed E-state index contributed by atoms with van der Waals surface area (Å²) >= 11 is 2.03. The van der Waals surface area contributed by atoms with Gasteiger partial charge >= 0.3 is 0 Å². The van der Waals surface area contributed by atoms with Crippen LogP contribution in [0.15, 0.2) is 24.3 Å². The summed E-state index contributed by atoms with van der Waals surface area (Å²) < 4.78 is 0. The number of likely N-dealkylation sites (N-methyl/N-ethyl adjacent to an activating group) is 1. The number of nitrogens with zero attached hydrogens (tertiary/aromatic N) is 2. The summed E-state index contributed by atoms with van der Waals surface area (Å²) in [5.41, 5.74) is 2.20. The van der Waals surface area contributed by atoms with Crippen LogP contribution in [0.2, 0.25) is 0 Å². The maximum Gasteiger partial charge on any atom is 0.238 e. The second-order valence-corrected chi connectivity index (χ2v) is 9.19. The summed E-state index contributed by atoms with van der Waals surface area (Å²) in [4.78, 5) is 17.2. The molecule has 2 fully saturated rings. The van der Waals surface area contributed by atoms with E-state index in [1.165, 1.54) is 42.8 Å². The molecule has 0 unspecified atom stereocenters. The zero-order valence-electron chi connectivity index (χ0n) is 16.2. The molecule has 1 saturated carbocycles. The standard InChI is InChI=1S/C21H33N3OS/c1-17-6-8-20(9-7-17)23(2)16-21(25)22-19-5-3-4-18(14-19)15-24-10-12-26-13-11-24/h3-5,14,17,20H,6-13,15-16H2,1-2H3,(H,22,25). The first kappa shape index (κ1) is 19.7. The maximum absolute atomic E-state index is 12.5. The first-order valence-electron chi connectivity index (χ1n) is 9.99. The SMILES string of the molecule is CC1CCC(N(C)CC(=O)Nc2cccc(CN3CCSCC3)c2)CC1. The molecule has 0 spiro atoms. The van der Waals surface area contributed by atoms with Gasteiger partial charge in [-0.2, -0.15) is 11.8 Å². The predicted molar refractivity (Wildman–Crippen MR) is 112 cm³/mol. The first-order chi connectivity index (χ1) is 12.6. The van der Waals surface area contributed by atoms with Gasteiger partial charge in [0.2, 0.25) is 5.91 Å². The summed E-state index contributed by atoms with van der Waals surface area (Å²) in [7, 11) is 2.09. The molecule has 4 nitrogen and oxygen atoms in total. The Balaban J connectivity index is 1.48. The van der Waals surface area contributed by atoms with Gasteiger partial charge in [-0.3, -0.25) is 14.6 Å². The van der Waals surface area contributed by atoms with E-state index in [4.69, 9.17) is 0 Å². The molecule has 5 heteroatoms. The van der Waals surface area contributed by atoms with E-state index in [-0.39, 0.29) is 5.91 Å². The van der Waals surface area contributed by atoms with Gasteiger partial charge in [-0.15, -0.1) is 0 Å². The van der Waals surface area contributed by atoms with Gasteiger partial charge in [-0.25, -0.2) is 0 Å². The molecular formula is C21H33N3OS. The number of hydrogen-bond donors (Lipinski definition) is 1. The molecule has 1 N–H and O–H groups in total. The molecule has 0 radical (unpaired) electrons. The van der Waals surface area contributed by atoms with Crippen molar-refractivity contribution in [1.29, 1.82) is 0 Å². The van der Waals surface area contributed by atoms with Gasteiger partial charge in [0.1, 0.15) is 0 Å². The molecule has 0 atom stereocenters. The van der Waals surface area contributed by atoms with Gasteiger partial charge in [0.15, 0.2) is 0 Å². The summed E-state index contributed by atoms with van der Waals surface area (Å²) in [6, 6.07) is 8.89. The van der Waals surface area contributed by atoms with Crippen LogP contribution in [-0.4, -0.2) is 59.9 Å². The number of rotatable bonds is 6. The van der Waals surface area contributed by atoms with Crippen LogP contribution in [0, 0.1) is 5.92 Å². The van der Waals surface area contributed by atoms with Crippen LogP contribution in [-0.2, 0) is 11.3 Å². The third-order valence-electron chi connectivity index (χ3n) is 5.72. The van der Waals surface area contributed by atoms with Crippen molar-refractivity contribution in [2.45, 2.75) is 45.2 Å². The fourth-order valence-electron chi connectivity index (χ4n) is 4.00. The number of anilines is 1. The minimum atomic E-state index is 0.0950. The molecule has 2 aliphatic rings. The van der Waals surface area contributed by atoms with Crippen LogP contribution in [0.25, 0.3) is 0 Å². The fourth-order valence-corrected chi connectivity index (χ4v) is 4.98. The minimum Gasteiger partial charge on any atom is -0.325 e. The molecular weight excluding hydrogens is 342 g/mol. The highest BCUT2D eigenvalue weighted by Crippen LogP contribution is 2.26. The van der Waals surface area contributed by atoms with Crippen molar-refractivity contribution in [2.75, 3.05) is 43.5 Å². The number of carbonyl (C=O) groups is 1. The van der Waals surface area contributed by atoms with Gasteiger partial charge in [0, 0.05) is 42.9 Å². The Labute approximate surface area is 162 Å². The Kier molecular flexibility index (Phi) is 7.41. The zero-order valence-corrected chi connectivity index (χ0v) is 17.1. The minimum absolute atomic E-state index is 0.0950. The van der Waals surface area contributed by atoms with Crippen molar-refractivity contribution in [3.8, 4) is 0 Å². The van der Waals surface area contributed by atoms with E-state index in [0.717, 1.165) is 31.2 Å². The third-order valence-corrected chi connectivity index (χ3v) is 6.66. The zero-order chi connectivity index (χ0) is 18.4. The highest BCUT2D eigenvalue weighted by atomic mass is 32.2. The molecule has 1 aliphatic carbocycles. The average molecular weight is 376 g/mol. The number of hydrogen-bond acceptors (Lipinski definition) is 4. The van der Waals surface area contributed by atoms with E-state index in [2.05, 4.69) is 47.3 Å². The van der Waals surface area contributed by atoms with E-state index in [1.54, 1.807) is 0 Å². The molecule has 0 bridgehead atoms. The number of amides is 1. The maximum atomic E-state index is 12.5. The Bertz CT molecular complexity index is 580. The van der Waals surface area contributed by atoms with Gasteiger partial charge in [0.25, 0.3) is 0 Å². The topological polar surface area (TPSA) is 35.6 Å². The van der Waals surface area contributed by atoms with Crippen LogP contribution >= 0.6 is 11.8 Å². The second kappa shape index (κ2) is 9.77. The van der Waals surface area contributed by atoms with Crippen LogP contribution < -0.4 is 5.32 Å². The fraction of sp³-hybridized carbons (Fsp3) is 0.667. The molecule has 1 aromatic rings. The molecule has 1 saturated heterocycles. The van der Waals surface area contributed by atoms with Crippen LogP contribution in [0.5, 0.6) is 0 Å². The van der Waals surface area contributed by atoms with Crippen molar-refractivity contribution in [3.63, 3.8) is 0 Å². The van der Waals surface area contributed by atoms with E-state index >= 15 is 0 Å². The molecule has 1 aliphatic heterocycles. The van der Waals surface area contributed by atoms with Crippen molar-refractivity contribution in [2.24, 2.45) is 5.92 Å². The average Bonchev–Trinajstić information content (AvgIpc) is 2.63. The highest BCUT2D eigenvalue weighted by Gasteiger charge is 2.23. The lowest BCUT2D eigenvalue weighted by atomic mass is 9.87. The van der Waals surface area contributed by atoms with Crippen molar-refractivity contribution >= 4 is 23.4 Å². The Morgan fingerprint density at radius 2 is 1.96 bits per heavy atom. The largest absolute Gasteiger partial charge is 0.325 e. The monoisotopic (exact) mass is 375 g/mol. The number of carbonyl (C=O) groups excluding carboxylic acids is 1. The molecule has 26 heavy (non-hydrogen) atoms. The summed E-state index contributed by atoms with van der Waals surface area (Å²) in [5, 5.41) is 3.10. The smallest absolute Gasteiger partial charge is 0.238 e.